The quantitative estimate of drug-likeness (QED) is 0.677. The Kier molecular flexibility index (Phi) is 5.69. The van der Waals surface area contributed by atoms with Crippen LogP contribution in [0.1, 0.15) is 5.56 Å². The summed E-state index contributed by atoms with van der Waals surface area (Å²) in [5.74, 6) is -0.135. The van der Waals surface area contributed by atoms with Gasteiger partial charge in [0.25, 0.3) is 0 Å². The first-order chi connectivity index (χ1) is 13.4. The highest BCUT2D eigenvalue weighted by molar-refractivity contribution is 5.90. The number of nitrogens with one attached hydrogen (secondary N) is 1. The molecule has 0 fully saturated rings. The van der Waals surface area contributed by atoms with Gasteiger partial charge in [0.2, 0.25) is 0 Å². The highest BCUT2D eigenvalue weighted by Crippen LogP contribution is 2.21. The van der Waals surface area contributed by atoms with Crippen molar-refractivity contribution in [2.24, 2.45) is 0 Å². The van der Waals surface area contributed by atoms with Gasteiger partial charge in [0, 0.05) is 25.9 Å². The zero-order valence-electron chi connectivity index (χ0n) is 15.5. The van der Waals surface area contributed by atoms with Crippen LogP contribution in [0.25, 0.3) is 10.9 Å². The fourth-order valence-corrected chi connectivity index (χ4v) is 2.61. The number of carboxylic acids is 1. The molecule has 8 nitrogen and oxygen atoms in total. The summed E-state index contributed by atoms with van der Waals surface area (Å²) < 4.78 is 5.17. The Morgan fingerprint density at radius 1 is 1.11 bits per heavy atom. The molecule has 2 aromatic carbocycles. The molecule has 1 amide bonds. The van der Waals surface area contributed by atoms with E-state index in [4.69, 9.17) is 4.74 Å². The predicted octanol–water partition coefficient (Wildman–Crippen LogP) is 2.80. The monoisotopic (exact) mass is 380 g/mol. The Bertz CT molecular complexity index is 984. The minimum Gasteiger partial charge on any atom is -0.480 e. The summed E-state index contributed by atoms with van der Waals surface area (Å²) >= 11 is 0. The lowest BCUT2D eigenvalue weighted by Gasteiger charge is -2.16. The Morgan fingerprint density at radius 3 is 2.50 bits per heavy atom. The van der Waals surface area contributed by atoms with E-state index in [-0.39, 0.29) is 6.42 Å². The topological polar surface area (TPSA) is 105 Å². The number of anilines is 1. The van der Waals surface area contributed by atoms with Crippen molar-refractivity contribution in [3.8, 4) is 5.75 Å². The summed E-state index contributed by atoms with van der Waals surface area (Å²) in [6.07, 6.45) is 1.15. The molecule has 0 radical (unpaired) electrons. The Morgan fingerprint density at radius 2 is 1.82 bits per heavy atom. The molecule has 0 saturated heterocycles. The zero-order valence-corrected chi connectivity index (χ0v) is 15.5. The first-order valence-electron chi connectivity index (χ1n) is 8.61. The lowest BCUT2D eigenvalue weighted by atomic mass is 10.1. The number of carbonyl (C=O) groups excluding carboxylic acids is 1. The minimum atomic E-state index is -0.995. The van der Waals surface area contributed by atoms with Crippen molar-refractivity contribution >= 4 is 28.8 Å². The van der Waals surface area contributed by atoms with Gasteiger partial charge < -0.3 is 20.1 Å². The lowest BCUT2D eigenvalue weighted by molar-refractivity contribution is -0.137. The number of para-hydroxylation sites is 1. The van der Waals surface area contributed by atoms with Gasteiger partial charge in [-0.3, -0.25) is 0 Å². The van der Waals surface area contributed by atoms with Gasteiger partial charge in [0.15, 0.2) is 0 Å². The molecule has 2 N–H and O–H groups in total. The van der Waals surface area contributed by atoms with Crippen LogP contribution in [0.5, 0.6) is 5.75 Å². The smallest absolute Gasteiger partial charge is 0.414 e. The van der Waals surface area contributed by atoms with Gasteiger partial charge in [0.1, 0.15) is 23.9 Å². The van der Waals surface area contributed by atoms with Crippen LogP contribution in [0.15, 0.2) is 54.9 Å². The number of carbonyl (C=O) groups is 2. The molecule has 0 aliphatic heterocycles. The van der Waals surface area contributed by atoms with E-state index in [0.29, 0.717) is 11.6 Å². The second-order valence-electron chi connectivity index (χ2n) is 6.39. The van der Waals surface area contributed by atoms with E-state index < -0.39 is 18.1 Å². The molecule has 0 saturated carbocycles. The number of aromatic nitrogens is 2. The van der Waals surface area contributed by atoms with Crippen LogP contribution < -0.4 is 10.1 Å². The van der Waals surface area contributed by atoms with Gasteiger partial charge in [-0.15, -0.1) is 0 Å². The van der Waals surface area contributed by atoms with Crippen molar-refractivity contribution in [2.75, 3.05) is 19.4 Å². The first-order valence-corrected chi connectivity index (χ1v) is 8.61. The van der Waals surface area contributed by atoms with E-state index in [1.165, 1.54) is 11.2 Å². The van der Waals surface area contributed by atoms with Gasteiger partial charge in [-0.05, 0) is 29.8 Å². The molecule has 0 aliphatic rings. The molecule has 1 aromatic heterocycles. The van der Waals surface area contributed by atoms with E-state index in [1.54, 1.807) is 38.4 Å². The largest absolute Gasteiger partial charge is 0.480 e. The molecule has 1 heterocycles. The van der Waals surface area contributed by atoms with Gasteiger partial charge in [-0.25, -0.2) is 19.6 Å². The number of hydrogen-bond acceptors (Lipinski definition) is 6. The standard InChI is InChI=1S/C20H20N4O4/c1-24(2)20(27)28-14-9-7-13(8-10-14)11-17(19(25)26)23-18-15-5-3-4-6-16(15)21-12-22-18/h3-10,12,17H,11H2,1-2H3,(H,25,26)(H,21,22,23)/t17-/m0/s1. The van der Waals surface area contributed by atoms with E-state index in [9.17, 15) is 14.7 Å². The van der Waals surface area contributed by atoms with Crippen LogP contribution in [0.3, 0.4) is 0 Å². The normalized spacial score (nSPS) is 11.6. The zero-order chi connectivity index (χ0) is 20.1. The Balaban J connectivity index is 1.74. The second kappa shape index (κ2) is 8.34. The fraction of sp³-hybridized carbons (Fsp3) is 0.200. The lowest BCUT2D eigenvalue weighted by Crippen LogP contribution is -2.32. The number of nitrogens with zero attached hydrogens (tertiary/aromatic N) is 3. The van der Waals surface area contributed by atoms with E-state index >= 15 is 0 Å². The molecule has 3 rings (SSSR count). The van der Waals surface area contributed by atoms with Crippen LogP contribution in [-0.4, -0.2) is 52.2 Å². The molecular formula is C20H20N4O4. The van der Waals surface area contributed by atoms with E-state index in [2.05, 4.69) is 15.3 Å². The summed E-state index contributed by atoms with van der Waals surface area (Å²) in [5.41, 5.74) is 1.51. The van der Waals surface area contributed by atoms with Crippen molar-refractivity contribution in [1.29, 1.82) is 0 Å². The van der Waals surface area contributed by atoms with Crippen LogP contribution in [0.2, 0.25) is 0 Å². The van der Waals surface area contributed by atoms with E-state index in [1.807, 2.05) is 24.3 Å². The van der Waals surface area contributed by atoms with Crippen molar-refractivity contribution in [3.05, 3.63) is 60.4 Å². The predicted molar refractivity (Wildman–Crippen MR) is 104 cm³/mol. The van der Waals surface area contributed by atoms with Gasteiger partial charge in [-0.2, -0.15) is 0 Å². The van der Waals surface area contributed by atoms with E-state index in [0.717, 1.165) is 16.5 Å². The van der Waals surface area contributed by atoms with Crippen molar-refractivity contribution < 1.29 is 19.4 Å². The SMILES string of the molecule is CN(C)C(=O)Oc1ccc(C[C@H](Nc2ncnc3ccccc23)C(=O)O)cc1. The Hall–Kier alpha value is -3.68. The molecule has 0 spiro atoms. The summed E-state index contributed by atoms with van der Waals surface area (Å²) in [4.78, 5) is 33.0. The first kappa shape index (κ1) is 19.1. The molecule has 8 heteroatoms. The number of rotatable bonds is 6. The highest BCUT2D eigenvalue weighted by Gasteiger charge is 2.20. The van der Waals surface area contributed by atoms with Crippen LogP contribution in [0, 0.1) is 0 Å². The molecule has 3 aromatic rings. The summed E-state index contributed by atoms with van der Waals surface area (Å²) in [6, 6.07) is 13.2. The maximum Gasteiger partial charge on any atom is 0.414 e. The maximum atomic E-state index is 11.8. The number of aliphatic carboxylic acids is 1. The molecule has 0 aliphatic carbocycles. The number of ether oxygens (including phenoxy) is 1. The number of amides is 1. The van der Waals surface area contributed by atoms with Gasteiger partial charge >= 0.3 is 12.1 Å². The number of hydrogen-bond donors (Lipinski definition) is 2. The minimum absolute atomic E-state index is 0.232. The van der Waals surface area contributed by atoms with Gasteiger partial charge in [-0.1, -0.05) is 24.3 Å². The third-order valence-electron chi connectivity index (χ3n) is 4.09. The third kappa shape index (κ3) is 4.53. The average Bonchev–Trinajstić information content (AvgIpc) is 2.69. The van der Waals surface area contributed by atoms with Crippen molar-refractivity contribution in [1.82, 2.24) is 14.9 Å². The molecule has 0 unspecified atom stereocenters. The summed E-state index contributed by atoms with van der Waals surface area (Å²) in [7, 11) is 3.19. The third-order valence-corrected chi connectivity index (χ3v) is 4.09. The average molecular weight is 380 g/mol. The maximum absolute atomic E-state index is 11.8. The van der Waals surface area contributed by atoms with Crippen LogP contribution in [-0.2, 0) is 11.2 Å². The summed E-state index contributed by atoms with van der Waals surface area (Å²) in [6.45, 7) is 0. The number of carboxylic acid groups (broad SMARTS) is 1. The molecule has 0 bridgehead atoms. The number of fused-ring (bicyclic) bond motifs is 1. The van der Waals surface area contributed by atoms with Crippen LogP contribution in [0.4, 0.5) is 10.6 Å². The molecule has 144 valence electrons. The Labute approximate surface area is 161 Å². The second-order valence-corrected chi connectivity index (χ2v) is 6.39. The highest BCUT2D eigenvalue weighted by atomic mass is 16.6. The van der Waals surface area contributed by atoms with Crippen molar-refractivity contribution in [3.63, 3.8) is 0 Å². The molecule has 1 atom stereocenters. The fourth-order valence-electron chi connectivity index (χ4n) is 2.61. The number of benzene rings is 2. The van der Waals surface area contributed by atoms with Crippen molar-refractivity contribution in [2.45, 2.75) is 12.5 Å². The van der Waals surface area contributed by atoms with Gasteiger partial charge in [0.05, 0.1) is 5.52 Å². The summed E-state index contributed by atoms with van der Waals surface area (Å²) in [5, 5.41) is 13.4. The molecule has 28 heavy (non-hydrogen) atoms. The molecular weight excluding hydrogens is 360 g/mol. The van der Waals surface area contributed by atoms with Crippen LogP contribution >= 0.6 is 0 Å².